The van der Waals surface area contributed by atoms with Gasteiger partial charge in [0.1, 0.15) is 0 Å². The van der Waals surface area contributed by atoms with Gasteiger partial charge >= 0.3 is 0 Å². The fraction of sp³-hybridized carbons (Fsp3) is 0.400. The molecule has 114 valence electrons. The lowest BCUT2D eigenvalue weighted by Crippen LogP contribution is -2.23. The maximum absolute atomic E-state index is 13.2. The Balaban J connectivity index is 2.03. The van der Waals surface area contributed by atoms with E-state index >= 15 is 0 Å². The molecule has 1 aromatic carbocycles. The van der Waals surface area contributed by atoms with Gasteiger partial charge in [0.05, 0.1) is 6.20 Å². The summed E-state index contributed by atoms with van der Waals surface area (Å²) in [5, 5.41) is 3.27. The van der Waals surface area contributed by atoms with Gasteiger partial charge in [-0.15, -0.1) is 0 Å². The van der Waals surface area contributed by atoms with Crippen molar-refractivity contribution in [3.8, 4) is 11.3 Å². The quantitative estimate of drug-likeness (QED) is 0.653. The largest absolute Gasteiger partial charge is 0.441 e. The van der Waals surface area contributed by atoms with Crippen molar-refractivity contribution in [2.45, 2.75) is 32.7 Å². The molecule has 1 N–H and O–H groups in total. The van der Waals surface area contributed by atoms with Crippen molar-refractivity contribution < 1.29 is 17.6 Å². The lowest BCUT2D eigenvalue weighted by atomic mass is 10.1. The maximum atomic E-state index is 13.2. The molecule has 0 radical (unpaired) electrons. The highest BCUT2D eigenvalue weighted by molar-refractivity contribution is 5.56. The molecule has 6 heteroatoms. The van der Waals surface area contributed by atoms with E-state index in [-0.39, 0.29) is 11.3 Å². The van der Waals surface area contributed by atoms with Crippen LogP contribution in [-0.2, 0) is 6.42 Å². The minimum Gasteiger partial charge on any atom is -0.441 e. The topological polar surface area (TPSA) is 38.1 Å². The first-order chi connectivity index (χ1) is 9.97. The van der Waals surface area contributed by atoms with Crippen LogP contribution in [0.25, 0.3) is 11.3 Å². The Labute approximate surface area is 121 Å². The van der Waals surface area contributed by atoms with Crippen molar-refractivity contribution in [2.75, 3.05) is 6.54 Å². The summed E-state index contributed by atoms with van der Waals surface area (Å²) < 4.78 is 44.7. The van der Waals surface area contributed by atoms with Crippen molar-refractivity contribution in [1.29, 1.82) is 0 Å². The normalized spacial score (nSPS) is 11.3. The summed E-state index contributed by atoms with van der Waals surface area (Å²) >= 11 is 0. The molecule has 0 aliphatic carbocycles. The Morgan fingerprint density at radius 2 is 1.86 bits per heavy atom. The van der Waals surface area contributed by atoms with E-state index in [9.17, 15) is 13.2 Å². The van der Waals surface area contributed by atoms with Crippen molar-refractivity contribution in [2.24, 2.45) is 0 Å². The Hall–Kier alpha value is -1.82. The number of hydrogen-bond donors (Lipinski definition) is 1. The van der Waals surface area contributed by atoms with Crippen LogP contribution in [0.5, 0.6) is 0 Å². The molecule has 0 saturated carbocycles. The average molecular weight is 298 g/mol. The van der Waals surface area contributed by atoms with Crippen molar-refractivity contribution in [3.05, 3.63) is 41.7 Å². The summed E-state index contributed by atoms with van der Waals surface area (Å²) in [7, 11) is 0. The number of aryl methyl sites for hydroxylation is 1. The number of oxazole rings is 1. The Morgan fingerprint density at radius 1 is 1.19 bits per heavy atom. The monoisotopic (exact) mass is 298 g/mol. The van der Waals surface area contributed by atoms with Crippen LogP contribution < -0.4 is 5.32 Å². The van der Waals surface area contributed by atoms with Crippen LogP contribution in [0, 0.1) is 17.5 Å². The summed E-state index contributed by atoms with van der Waals surface area (Å²) in [6, 6.07) is 2.20. The molecule has 0 fully saturated rings. The average Bonchev–Trinajstić information content (AvgIpc) is 2.89. The minimum absolute atomic E-state index is 0.130. The van der Waals surface area contributed by atoms with E-state index in [0.717, 1.165) is 25.1 Å². The van der Waals surface area contributed by atoms with Gasteiger partial charge in [0, 0.05) is 18.0 Å². The fourth-order valence-electron chi connectivity index (χ4n) is 1.89. The van der Waals surface area contributed by atoms with Gasteiger partial charge in [-0.1, -0.05) is 13.8 Å². The number of aromatic nitrogens is 1. The zero-order valence-corrected chi connectivity index (χ0v) is 11.9. The van der Waals surface area contributed by atoms with Crippen LogP contribution in [0.15, 0.2) is 22.7 Å². The molecule has 1 aromatic heterocycles. The van der Waals surface area contributed by atoms with Gasteiger partial charge in [0.25, 0.3) is 0 Å². The number of halogens is 3. The van der Waals surface area contributed by atoms with Crippen LogP contribution in [0.2, 0.25) is 0 Å². The molecule has 0 unspecified atom stereocenters. The first kappa shape index (κ1) is 15.6. The van der Waals surface area contributed by atoms with Crippen LogP contribution in [0.3, 0.4) is 0 Å². The molecular formula is C15H17F3N2O. The van der Waals surface area contributed by atoms with E-state index in [4.69, 9.17) is 4.42 Å². The Bertz CT molecular complexity index is 588. The van der Waals surface area contributed by atoms with E-state index in [1.165, 1.54) is 6.20 Å². The standard InChI is InChI=1S/C15H17F3N2O/c1-9(2)19-5-3-4-14-20-8-13(21-14)10-6-11(16)15(18)12(17)7-10/h6-9,19H,3-5H2,1-2H3. The molecule has 3 nitrogen and oxygen atoms in total. The summed E-state index contributed by atoms with van der Waals surface area (Å²) in [5.41, 5.74) is 0.130. The smallest absolute Gasteiger partial charge is 0.194 e. The van der Waals surface area contributed by atoms with Crippen LogP contribution >= 0.6 is 0 Å². The number of nitrogens with one attached hydrogen (secondary N) is 1. The van der Waals surface area contributed by atoms with Gasteiger partial charge in [-0.2, -0.15) is 0 Å². The summed E-state index contributed by atoms with van der Waals surface area (Å²) in [4.78, 5) is 4.06. The molecule has 2 aromatic rings. The van der Waals surface area contributed by atoms with E-state index in [1.54, 1.807) is 0 Å². The number of rotatable bonds is 6. The third-order valence-corrected chi connectivity index (χ3v) is 2.94. The zero-order valence-electron chi connectivity index (χ0n) is 11.9. The Morgan fingerprint density at radius 3 is 2.48 bits per heavy atom. The minimum atomic E-state index is -1.49. The van der Waals surface area contributed by atoms with Gasteiger partial charge < -0.3 is 9.73 Å². The predicted octanol–water partition coefficient (Wildman–Crippen LogP) is 3.69. The van der Waals surface area contributed by atoms with Crippen molar-refractivity contribution >= 4 is 0 Å². The van der Waals surface area contributed by atoms with Gasteiger partial charge in [0.2, 0.25) is 0 Å². The Kier molecular flexibility index (Phi) is 5.01. The second-order valence-corrected chi connectivity index (χ2v) is 5.08. The lowest BCUT2D eigenvalue weighted by molar-refractivity contribution is 0.445. The van der Waals surface area contributed by atoms with Gasteiger partial charge in [-0.25, -0.2) is 18.2 Å². The van der Waals surface area contributed by atoms with Gasteiger partial charge in [-0.3, -0.25) is 0 Å². The predicted molar refractivity (Wildman–Crippen MR) is 73.3 cm³/mol. The SMILES string of the molecule is CC(C)NCCCc1ncc(-c2cc(F)c(F)c(F)c2)o1. The molecule has 0 amide bonds. The fourth-order valence-corrected chi connectivity index (χ4v) is 1.89. The van der Waals surface area contributed by atoms with Crippen molar-refractivity contribution in [3.63, 3.8) is 0 Å². The first-order valence-corrected chi connectivity index (χ1v) is 6.80. The summed E-state index contributed by atoms with van der Waals surface area (Å²) in [5.74, 6) is -3.27. The van der Waals surface area contributed by atoms with E-state index in [0.29, 0.717) is 18.4 Å². The van der Waals surface area contributed by atoms with E-state index in [2.05, 4.69) is 24.1 Å². The molecule has 0 saturated heterocycles. The van der Waals surface area contributed by atoms with Crippen molar-refractivity contribution in [1.82, 2.24) is 10.3 Å². The third kappa shape index (κ3) is 4.07. The highest BCUT2D eigenvalue weighted by Crippen LogP contribution is 2.24. The summed E-state index contributed by atoms with van der Waals surface area (Å²) in [6.07, 6.45) is 2.84. The highest BCUT2D eigenvalue weighted by atomic mass is 19.2. The molecule has 2 rings (SSSR count). The van der Waals surface area contributed by atoms with Crippen LogP contribution in [-0.4, -0.2) is 17.6 Å². The molecule has 0 spiro atoms. The number of nitrogens with zero attached hydrogens (tertiary/aromatic N) is 1. The number of benzene rings is 1. The van der Waals surface area contributed by atoms with Crippen LogP contribution in [0.4, 0.5) is 13.2 Å². The number of hydrogen-bond acceptors (Lipinski definition) is 3. The molecule has 1 heterocycles. The molecule has 21 heavy (non-hydrogen) atoms. The first-order valence-electron chi connectivity index (χ1n) is 6.80. The molecular weight excluding hydrogens is 281 g/mol. The maximum Gasteiger partial charge on any atom is 0.194 e. The molecule has 0 aliphatic rings. The second kappa shape index (κ2) is 6.76. The van der Waals surface area contributed by atoms with Gasteiger partial charge in [-0.05, 0) is 25.1 Å². The third-order valence-electron chi connectivity index (χ3n) is 2.94. The van der Waals surface area contributed by atoms with Crippen LogP contribution in [0.1, 0.15) is 26.2 Å². The molecule has 0 atom stereocenters. The second-order valence-electron chi connectivity index (χ2n) is 5.08. The zero-order chi connectivity index (χ0) is 15.4. The summed E-state index contributed by atoms with van der Waals surface area (Å²) in [6.45, 7) is 4.94. The van der Waals surface area contributed by atoms with E-state index in [1.807, 2.05) is 0 Å². The molecule has 0 aliphatic heterocycles. The van der Waals surface area contributed by atoms with Gasteiger partial charge in [0.15, 0.2) is 29.1 Å². The molecule has 0 bridgehead atoms. The lowest BCUT2D eigenvalue weighted by Gasteiger charge is -2.05. The van der Waals surface area contributed by atoms with E-state index < -0.39 is 17.5 Å². The highest BCUT2D eigenvalue weighted by Gasteiger charge is 2.14.